The van der Waals surface area contributed by atoms with Crippen LogP contribution in [0, 0.1) is 0 Å². The number of hydrogen-bond acceptors (Lipinski definition) is 9. The van der Waals surface area contributed by atoms with Crippen LogP contribution in [-0.2, 0) is 31.4 Å². The minimum atomic E-state index is -4.73. The van der Waals surface area contributed by atoms with E-state index in [9.17, 15) is 26.7 Å². The van der Waals surface area contributed by atoms with Gasteiger partial charge in [0.05, 0.1) is 0 Å². The minimum absolute atomic E-state index is 0.0873. The number of carboxylic acids is 1. The van der Waals surface area contributed by atoms with Gasteiger partial charge in [0.15, 0.2) is 11.7 Å². The smallest absolute Gasteiger partial charge is 0.437 e. The Morgan fingerprint density at radius 1 is 0.870 bits per heavy atom. The van der Waals surface area contributed by atoms with E-state index in [1.807, 2.05) is 6.07 Å². The van der Waals surface area contributed by atoms with Crippen molar-refractivity contribution in [2.24, 2.45) is 0 Å². The molecule has 2 N–H and O–H groups in total. The lowest BCUT2D eigenvalue weighted by molar-refractivity contribution is -0.145. The van der Waals surface area contributed by atoms with Gasteiger partial charge < -0.3 is 19.6 Å². The average molecular weight is 665 g/mol. The van der Waals surface area contributed by atoms with Gasteiger partial charge in [0.25, 0.3) is 0 Å². The Morgan fingerprint density at radius 2 is 1.48 bits per heavy atom. The molecule has 5 rings (SSSR count). The maximum atomic E-state index is 14.7. The fourth-order valence-electron chi connectivity index (χ4n) is 5.05. The molecule has 13 heteroatoms. The highest BCUT2D eigenvalue weighted by Crippen LogP contribution is 2.40. The fraction of sp³-hybridized carbons (Fsp3) is 0.212. The predicted octanol–water partition coefficient (Wildman–Crippen LogP) is 5.33. The van der Waals surface area contributed by atoms with Crippen molar-refractivity contribution in [1.82, 2.24) is 13.6 Å². The molecule has 46 heavy (non-hydrogen) atoms. The van der Waals surface area contributed by atoms with E-state index in [2.05, 4.69) is 10.3 Å². The van der Waals surface area contributed by atoms with Crippen LogP contribution >= 0.6 is 0 Å². The summed E-state index contributed by atoms with van der Waals surface area (Å²) in [5, 5.41) is 12.5. The third-order valence-corrected chi connectivity index (χ3v) is 12.5. The number of rotatable bonds is 15. The number of aliphatic carboxylic acids is 1. The monoisotopic (exact) mass is 664 g/mol. The van der Waals surface area contributed by atoms with Crippen LogP contribution in [0.3, 0.4) is 0 Å². The molecule has 0 aliphatic rings. The van der Waals surface area contributed by atoms with Gasteiger partial charge in [-0.25, -0.2) is 4.79 Å². The summed E-state index contributed by atoms with van der Waals surface area (Å²) >= 11 is 0. The van der Waals surface area contributed by atoms with E-state index in [1.165, 1.54) is 48.5 Å². The van der Waals surface area contributed by atoms with Gasteiger partial charge in [-0.05, 0) is 63.8 Å². The molecule has 0 aliphatic carbocycles. The molecule has 0 spiro atoms. The van der Waals surface area contributed by atoms with Crippen molar-refractivity contribution in [1.29, 1.82) is 0 Å². The van der Waals surface area contributed by atoms with Gasteiger partial charge in [0.2, 0.25) is 0 Å². The molecule has 4 aromatic carbocycles. The zero-order valence-corrected chi connectivity index (χ0v) is 26.7. The largest absolute Gasteiger partial charge is 0.479 e. The number of ether oxygens (including phenoxy) is 1. The van der Waals surface area contributed by atoms with E-state index >= 15 is 0 Å². The molecule has 1 atom stereocenters. The number of carboxylic acid groups (broad SMARTS) is 1. The van der Waals surface area contributed by atoms with Crippen LogP contribution in [0.5, 0.6) is 5.75 Å². The number of oxazole rings is 1. The molecule has 1 unspecified atom stereocenters. The number of sulfonamides is 2. The third kappa shape index (κ3) is 6.40. The standard InChI is InChI=1S/C33H33N3O8S2/c1-2-30(32(37)38)43-26-14-11-13-25(23-26)24-34-21-12-22-36(45(39,40)27-15-5-3-6-16-27,46(41,42)28-17-7-4-8-18-28)33-35-29-19-9-10-20-31(29)44-33/h3-11,13-20,23,30,34H,2,12,21-22,24H2,1H3/p+1. The van der Waals surface area contributed by atoms with Gasteiger partial charge in [-0.1, -0.05) is 67.6 Å². The maximum Gasteiger partial charge on any atom is 0.437 e. The van der Waals surface area contributed by atoms with Crippen LogP contribution in [0.1, 0.15) is 25.3 Å². The van der Waals surface area contributed by atoms with Gasteiger partial charge in [-0.3, -0.25) is 0 Å². The normalized spacial score (nSPS) is 13.0. The van der Waals surface area contributed by atoms with Crippen LogP contribution in [0.4, 0.5) is 6.01 Å². The molecule has 1 heterocycles. The summed E-state index contributed by atoms with van der Waals surface area (Å²) in [6.07, 6.45) is -0.585. The van der Waals surface area contributed by atoms with E-state index in [-0.39, 0.29) is 28.3 Å². The molecule has 0 aliphatic heterocycles. The lowest BCUT2D eigenvalue weighted by Gasteiger charge is -2.31. The van der Waals surface area contributed by atoms with Crippen LogP contribution < -0.4 is 13.3 Å². The number of carbonyl (C=O) groups is 1. The summed E-state index contributed by atoms with van der Waals surface area (Å²) in [6.45, 7) is 1.86. The summed E-state index contributed by atoms with van der Waals surface area (Å²) in [6, 6.07) is 27.9. The number of benzene rings is 4. The SMILES string of the molecule is CCC(Oc1cccc(CNCCC[N+](c2nc3ccccc3o2)(S(=O)(=O)c2ccccc2)S(=O)(=O)c2ccccc2)c1)C(=O)O. The van der Waals surface area contributed by atoms with Crippen LogP contribution in [-0.4, -0.2) is 52.1 Å². The van der Waals surface area contributed by atoms with Crippen LogP contribution in [0.15, 0.2) is 123 Å². The molecular formula is C33H34N3O8S2+. The van der Waals surface area contributed by atoms with E-state index in [1.54, 1.807) is 61.5 Å². The highest BCUT2D eigenvalue weighted by molar-refractivity contribution is 8.07. The van der Waals surface area contributed by atoms with Crippen LogP contribution in [0.25, 0.3) is 11.1 Å². The zero-order chi connectivity index (χ0) is 32.8. The summed E-state index contributed by atoms with van der Waals surface area (Å²) in [5.74, 6) is -0.648. The summed E-state index contributed by atoms with van der Waals surface area (Å²) < 4.78 is 68.6. The quantitative estimate of drug-likeness (QED) is 0.111. The van der Waals surface area contributed by atoms with Crippen molar-refractivity contribution in [3.05, 3.63) is 115 Å². The van der Waals surface area contributed by atoms with Crippen molar-refractivity contribution in [3.8, 4) is 5.75 Å². The Balaban J connectivity index is 1.50. The number of aromatic nitrogens is 1. The highest BCUT2D eigenvalue weighted by Gasteiger charge is 2.60. The van der Waals surface area contributed by atoms with Gasteiger partial charge in [-0.2, -0.15) is 21.8 Å². The topological polar surface area (TPSA) is 153 Å². The Kier molecular flexibility index (Phi) is 9.87. The number of nitrogens with zero attached hydrogens (tertiary/aromatic N) is 2. The van der Waals surface area contributed by atoms with E-state index < -0.39 is 48.0 Å². The molecule has 0 radical (unpaired) electrons. The predicted molar refractivity (Wildman–Crippen MR) is 173 cm³/mol. The maximum absolute atomic E-state index is 14.7. The summed E-state index contributed by atoms with van der Waals surface area (Å²) in [4.78, 5) is 15.4. The summed E-state index contributed by atoms with van der Waals surface area (Å²) in [7, 11) is -9.47. The first-order valence-electron chi connectivity index (χ1n) is 14.6. The van der Waals surface area contributed by atoms with Gasteiger partial charge in [-0.15, -0.1) is 0 Å². The Hall–Kier alpha value is -4.56. The Morgan fingerprint density at radius 3 is 2.07 bits per heavy atom. The molecule has 0 amide bonds. The van der Waals surface area contributed by atoms with Crippen molar-refractivity contribution in [2.45, 2.75) is 42.2 Å². The first-order valence-corrected chi connectivity index (χ1v) is 17.5. The molecule has 11 nitrogen and oxygen atoms in total. The minimum Gasteiger partial charge on any atom is -0.479 e. The molecular weight excluding hydrogens is 631 g/mol. The van der Waals surface area contributed by atoms with Gasteiger partial charge in [0, 0.05) is 19.5 Å². The number of hydrogen-bond donors (Lipinski definition) is 2. The fourth-order valence-corrected chi connectivity index (χ4v) is 9.59. The molecule has 5 aromatic rings. The second-order valence-corrected chi connectivity index (χ2v) is 14.8. The highest BCUT2D eigenvalue weighted by atomic mass is 32.3. The first-order chi connectivity index (χ1) is 22.1. The molecule has 0 saturated carbocycles. The lowest BCUT2D eigenvalue weighted by Crippen LogP contribution is -2.59. The average Bonchev–Trinajstić information content (AvgIpc) is 3.50. The molecule has 0 fully saturated rings. The first kappa shape index (κ1) is 32.8. The summed E-state index contributed by atoms with van der Waals surface area (Å²) in [5.41, 5.74) is 1.37. The second-order valence-electron chi connectivity index (χ2n) is 10.5. The van der Waals surface area contributed by atoms with Crippen molar-refractivity contribution < 1.29 is 35.9 Å². The van der Waals surface area contributed by atoms with Crippen molar-refractivity contribution >= 4 is 43.1 Å². The van der Waals surface area contributed by atoms with Crippen LogP contribution in [0.2, 0.25) is 0 Å². The Labute approximate surface area is 267 Å². The number of quaternary nitrogens is 1. The van der Waals surface area contributed by atoms with Gasteiger partial charge in [0.1, 0.15) is 27.6 Å². The van der Waals surface area contributed by atoms with Crippen molar-refractivity contribution in [2.75, 3.05) is 13.1 Å². The van der Waals surface area contributed by atoms with Crippen molar-refractivity contribution in [3.63, 3.8) is 0 Å². The Bertz CT molecular complexity index is 1910. The molecule has 1 aromatic heterocycles. The number of nitrogens with one attached hydrogen (secondary N) is 1. The number of fused-ring (bicyclic) bond motifs is 1. The lowest BCUT2D eigenvalue weighted by atomic mass is 10.2. The molecule has 0 saturated heterocycles. The van der Waals surface area contributed by atoms with E-state index in [4.69, 9.17) is 9.15 Å². The number of para-hydroxylation sites is 2. The second kappa shape index (κ2) is 13.8. The molecule has 240 valence electrons. The third-order valence-electron chi connectivity index (χ3n) is 7.39. The molecule has 0 bridgehead atoms. The zero-order valence-electron chi connectivity index (χ0n) is 25.0. The van der Waals surface area contributed by atoms with E-state index in [0.29, 0.717) is 24.2 Å². The van der Waals surface area contributed by atoms with E-state index in [0.717, 1.165) is 5.56 Å². The van der Waals surface area contributed by atoms with Gasteiger partial charge >= 0.3 is 32.0 Å².